The molecular formula is C15H20ClN3. The van der Waals surface area contributed by atoms with E-state index in [1.54, 1.807) is 4.68 Å². The Morgan fingerprint density at radius 1 is 1.37 bits per heavy atom. The van der Waals surface area contributed by atoms with Gasteiger partial charge in [-0.15, -0.1) is 0 Å². The van der Waals surface area contributed by atoms with E-state index in [1.807, 2.05) is 32.2 Å². The second-order valence-corrected chi connectivity index (χ2v) is 5.81. The second-order valence-electron chi connectivity index (χ2n) is 5.40. The van der Waals surface area contributed by atoms with Crippen LogP contribution in [0.1, 0.15) is 25.0 Å². The molecule has 0 aliphatic heterocycles. The molecule has 0 aliphatic carbocycles. The third-order valence-corrected chi connectivity index (χ3v) is 3.66. The zero-order chi connectivity index (χ0) is 14.2. The van der Waals surface area contributed by atoms with E-state index in [-0.39, 0.29) is 0 Å². The molecule has 0 amide bonds. The first-order valence-electron chi connectivity index (χ1n) is 6.48. The van der Waals surface area contributed by atoms with Crippen molar-refractivity contribution >= 4 is 17.4 Å². The minimum atomic E-state index is 0.533. The van der Waals surface area contributed by atoms with Gasteiger partial charge in [0.1, 0.15) is 5.82 Å². The molecule has 1 aromatic carbocycles. The van der Waals surface area contributed by atoms with Crippen LogP contribution in [-0.2, 0) is 13.5 Å². The molecule has 1 aromatic heterocycles. The van der Waals surface area contributed by atoms with Crippen LogP contribution in [0.3, 0.4) is 0 Å². The molecule has 0 spiro atoms. The van der Waals surface area contributed by atoms with E-state index in [2.05, 4.69) is 18.9 Å². The maximum atomic E-state index is 6.20. The molecule has 0 unspecified atom stereocenters. The van der Waals surface area contributed by atoms with Crippen molar-refractivity contribution in [2.75, 3.05) is 5.73 Å². The second kappa shape index (κ2) is 5.25. The summed E-state index contributed by atoms with van der Waals surface area (Å²) in [7, 11) is 1.87. The number of nitrogens with zero attached hydrogens (tertiary/aromatic N) is 2. The number of rotatable bonds is 3. The third-order valence-electron chi connectivity index (χ3n) is 3.25. The molecule has 2 rings (SSSR count). The summed E-state index contributed by atoms with van der Waals surface area (Å²) in [5, 5.41) is 5.30. The van der Waals surface area contributed by atoms with Crippen LogP contribution in [0.25, 0.3) is 11.3 Å². The first-order valence-corrected chi connectivity index (χ1v) is 6.85. The molecule has 0 radical (unpaired) electrons. The maximum absolute atomic E-state index is 6.20. The van der Waals surface area contributed by atoms with E-state index in [1.165, 1.54) is 0 Å². The molecule has 102 valence electrons. The predicted molar refractivity (Wildman–Crippen MR) is 81.3 cm³/mol. The SMILES string of the molecule is Cc1ccc(-c2nn(C)c(N)c2CC(C)C)cc1Cl. The maximum Gasteiger partial charge on any atom is 0.125 e. The largest absolute Gasteiger partial charge is 0.384 e. The standard InChI is InChI=1S/C15H20ClN3/c1-9(2)7-12-14(18-19(4)15(12)17)11-6-5-10(3)13(16)8-11/h5-6,8-9H,7,17H2,1-4H3. The summed E-state index contributed by atoms with van der Waals surface area (Å²) in [6.07, 6.45) is 0.917. The number of anilines is 1. The zero-order valence-electron chi connectivity index (χ0n) is 11.9. The number of nitrogen functional groups attached to an aromatic ring is 1. The van der Waals surface area contributed by atoms with Gasteiger partial charge in [-0.05, 0) is 30.9 Å². The molecule has 0 fully saturated rings. The average molecular weight is 278 g/mol. The Hall–Kier alpha value is -1.48. The van der Waals surface area contributed by atoms with Crippen molar-refractivity contribution in [1.82, 2.24) is 9.78 Å². The number of aryl methyl sites for hydroxylation is 2. The zero-order valence-corrected chi connectivity index (χ0v) is 12.6. The van der Waals surface area contributed by atoms with Crippen molar-refractivity contribution in [2.24, 2.45) is 13.0 Å². The third kappa shape index (κ3) is 2.76. The molecule has 0 aliphatic rings. The van der Waals surface area contributed by atoms with Gasteiger partial charge in [0.05, 0.1) is 5.69 Å². The number of hydrogen-bond donors (Lipinski definition) is 1. The fourth-order valence-corrected chi connectivity index (χ4v) is 2.34. The Labute approximate surface area is 119 Å². The topological polar surface area (TPSA) is 43.8 Å². The molecule has 2 aromatic rings. The lowest BCUT2D eigenvalue weighted by atomic mass is 9.98. The van der Waals surface area contributed by atoms with Crippen LogP contribution in [0, 0.1) is 12.8 Å². The average Bonchev–Trinajstić information content (AvgIpc) is 2.60. The van der Waals surface area contributed by atoms with Crippen molar-refractivity contribution < 1.29 is 0 Å². The predicted octanol–water partition coefficient (Wildman–Crippen LogP) is 3.83. The van der Waals surface area contributed by atoms with Crippen LogP contribution in [0.2, 0.25) is 5.02 Å². The Morgan fingerprint density at radius 3 is 2.63 bits per heavy atom. The lowest BCUT2D eigenvalue weighted by Crippen LogP contribution is -2.02. The summed E-state index contributed by atoms with van der Waals surface area (Å²) in [6.45, 7) is 6.35. The van der Waals surface area contributed by atoms with Crippen LogP contribution in [-0.4, -0.2) is 9.78 Å². The lowest BCUT2D eigenvalue weighted by Gasteiger charge is -2.07. The Kier molecular flexibility index (Phi) is 3.85. The summed E-state index contributed by atoms with van der Waals surface area (Å²) in [5.74, 6) is 1.27. The minimum Gasteiger partial charge on any atom is -0.384 e. The van der Waals surface area contributed by atoms with E-state index in [4.69, 9.17) is 17.3 Å². The molecule has 0 atom stereocenters. The highest BCUT2D eigenvalue weighted by Crippen LogP contribution is 2.31. The molecule has 3 nitrogen and oxygen atoms in total. The first kappa shape index (κ1) is 13.9. The highest BCUT2D eigenvalue weighted by Gasteiger charge is 2.17. The summed E-state index contributed by atoms with van der Waals surface area (Å²) in [4.78, 5) is 0. The Morgan fingerprint density at radius 2 is 2.05 bits per heavy atom. The number of benzene rings is 1. The van der Waals surface area contributed by atoms with Gasteiger partial charge in [-0.3, -0.25) is 4.68 Å². The highest BCUT2D eigenvalue weighted by atomic mass is 35.5. The lowest BCUT2D eigenvalue weighted by molar-refractivity contribution is 0.648. The quantitative estimate of drug-likeness (QED) is 0.927. The van der Waals surface area contributed by atoms with Crippen molar-refractivity contribution in [3.63, 3.8) is 0 Å². The molecule has 0 saturated heterocycles. The molecule has 2 N–H and O–H groups in total. The van der Waals surface area contributed by atoms with Crippen molar-refractivity contribution in [1.29, 1.82) is 0 Å². The fraction of sp³-hybridized carbons (Fsp3) is 0.400. The van der Waals surface area contributed by atoms with Crippen LogP contribution in [0.5, 0.6) is 0 Å². The summed E-state index contributed by atoms with van der Waals surface area (Å²) in [6, 6.07) is 6.02. The van der Waals surface area contributed by atoms with Crippen molar-refractivity contribution in [3.8, 4) is 11.3 Å². The van der Waals surface area contributed by atoms with Crippen LogP contribution in [0.15, 0.2) is 18.2 Å². The van der Waals surface area contributed by atoms with Gasteiger partial charge in [0.2, 0.25) is 0 Å². The minimum absolute atomic E-state index is 0.533. The molecule has 0 bridgehead atoms. The summed E-state index contributed by atoms with van der Waals surface area (Å²) in [5.41, 5.74) is 10.3. The van der Waals surface area contributed by atoms with E-state index in [9.17, 15) is 0 Å². The highest BCUT2D eigenvalue weighted by molar-refractivity contribution is 6.31. The number of nitrogens with two attached hydrogens (primary N) is 1. The number of hydrogen-bond acceptors (Lipinski definition) is 2. The number of aromatic nitrogens is 2. The Bertz CT molecular complexity index is 600. The van der Waals surface area contributed by atoms with Gasteiger partial charge in [-0.1, -0.05) is 37.6 Å². The first-order chi connectivity index (χ1) is 8.90. The van der Waals surface area contributed by atoms with Crippen LogP contribution >= 0.6 is 11.6 Å². The van der Waals surface area contributed by atoms with E-state index < -0.39 is 0 Å². The van der Waals surface area contributed by atoms with Crippen LogP contribution in [0.4, 0.5) is 5.82 Å². The van der Waals surface area contributed by atoms with Gasteiger partial charge >= 0.3 is 0 Å². The number of halogens is 1. The van der Waals surface area contributed by atoms with Crippen molar-refractivity contribution in [2.45, 2.75) is 27.2 Å². The molecule has 19 heavy (non-hydrogen) atoms. The van der Waals surface area contributed by atoms with Gasteiger partial charge < -0.3 is 5.73 Å². The normalized spacial score (nSPS) is 11.3. The molecule has 0 saturated carbocycles. The van der Waals surface area contributed by atoms with Gasteiger partial charge in [0.15, 0.2) is 0 Å². The Balaban J connectivity index is 2.54. The van der Waals surface area contributed by atoms with Gasteiger partial charge in [0, 0.05) is 23.2 Å². The van der Waals surface area contributed by atoms with E-state index in [0.717, 1.165) is 39.6 Å². The van der Waals surface area contributed by atoms with Gasteiger partial charge in [0.25, 0.3) is 0 Å². The van der Waals surface area contributed by atoms with Crippen LogP contribution < -0.4 is 5.73 Å². The van der Waals surface area contributed by atoms with Gasteiger partial charge in [-0.25, -0.2) is 0 Å². The monoisotopic (exact) mass is 277 g/mol. The van der Waals surface area contributed by atoms with E-state index in [0.29, 0.717) is 5.92 Å². The smallest absolute Gasteiger partial charge is 0.125 e. The molecular weight excluding hydrogens is 258 g/mol. The molecule has 1 heterocycles. The summed E-state index contributed by atoms with van der Waals surface area (Å²) >= 11 is 6.20. The van der Waals surface area contributed by atoms with Gasteiger partial charge in [-0.2, -0.15) is 5.10 Å². The van der Waals surface area contributed by atoms with Crippen molar-refractivity contribution in [3.05, 3.63) is 34.3 Å². The fourth-order valence-electron chi connectivity index (χ4n) is 2.16. The summed E-state index contributed by atoms with van der Waals surface area (Å²) < 4.78 is 1.74. The van der Waals surface area contributed by atoms with E-state index >= 15 is 0 Å². The molecule has 4 heteroatoms.